The molecule has 0 aliphatic carbocycles. The molecule has 0 saturated carbocycles. The summed E-state index contributed by atoms with van der Waals surface area (Å²) in [4.78, 5) is 13.1. The van der Waals surface area contributed by atoms with Gasteiger partial charge in [0.1, 0.15) is 11.2 Å². The maximum atomic E-state index is 12.6. The second-order valence-electron chi connectivity index (χ2n) is 4.94. The van der Waals surface area contributed by atoms with Gasteiger partial charge in [0.25, 0.3) is 10.0 Å². The third-order valence-corrected chi connectivity index (χ3v) is 4.83. The summed E-state index contributed by atoms with van der Waals surface area (Å²) < 4.78 is 39.5. The summed E-state index contributed by atoms with van der Waals surface area (Å²) in [5.74, 6) is -0.00297. The minimum absolute atomic E-state index is 0.103. The summed E-state index contributed by atoms with van der Waals surface area (Å²) in [6, 6.07) is 2.70. The van der Waals surface area contributed by atoms with E-state index in [0.29, 0.717) is 9.33 Å². The monoisotopic (exact) mass is 466 g/mol. The summed E-state index contributed by atoms with van der Waals surface area (Å²) >= 11 is 1.91. The lowest BCUT2D eigenvalue weighted by Gasteiger charge is -2.14. The van der Waals surface area contributed by atoms with Gasteiger partial charge in [0.2, 0.25) is 0 Å². The van der Waals surface area contributed by atoms with Crippen molar-refractivity contribution in [1.29, 1.82) is 0 Å². The Kier molecular flexibility index (Phi) is 7.21. The molecule has 0 spiro atoms. The minimum Gasteiger partial charge on any atom is -0.465 e. The number of esters is 1. The summed E-state index contributed by atoms with van der Waals surface area (Å²) in [7, 11) is 0.456. The molecule has 0 radical (unpaired) electrons. The normalized spacial score (nSPS) is 12.3. The van der Waals surface area contributed by atoms with Crippen molar-refractivity contribution in [1.82, 2.24) is 4.90 Å². The molecule has 0 unspecified atom stereocenters. The lowest BCUT2D eigenvalue weighted by molar-refractivity contribution is 0.0600. The summed E-state index contributed by atoms with van der Waals surface area (Å²) in [5, 5.41) is 0. The van der Waals surface area contributed by atoms with Crippen LogP contribution in [0.1, 0.15) is 24.2 Å². The lowest BCUT2D eigenvalue weighted by Crippen LogP contribution is -2.12. The van der Waals surface area contributed by atoms with Crippen molar-refractivity contribution >= 4 is 44.9 Å². The Hall–Kier alpha value is -1.62. The van der Waals surface area contributed by atoms with E-state index in [1.54, 1.807) is 34.0 Å². The molecule has 132 valence electrons. The summed E-state index contributed by atoms with van der Waals surface area (Å²) in [5.41, 5.74) is 0.103. The van der Waals surface area contributed by atoms with Crippen molar-refractivity contribution in [2.24, 2.45) is 4.40 Å². The molecule has 0 bridgehead atoms. The Bertz CT molecular complexity index is 785. The first-order valence-electron chi connectivity index (χ1n) is 6.82. The number of ether oxygens (including phenoxy) is 2. The van der Waals surface area contributed by atoms with Gasteiger partial charge in [0, 0.05) is 14.1 Å². The standard InChI is InChI=1S/C15H19IN2O5S/c1-6-10(2)23-14-12(16)7-11(15(19)22-5)8-13(14)24(20,21)17-9-18(3)4/h6-9H,1-5H3/b10-6+,17-9-. The van der Waals surface area contributed by atoms with Crippen molar-refractivity contribution in [3.8, 4) is 5.75 Å². The predicted octanol–water partition coefficient (Wildman–Crippen LogP) is 2.66. The maximum absolute atomic E-state index is 12.6. The second kappa shape index (κ2) is 8.47. The molecule has 1 rings (SSSR count). The van der Waals surface area contributed by atoms with Crippen molar-refractivity contribution in [3.05, 3.63) is 33.1 Å². The molecule has 9 heteroatoms. The molecule has 0 heterocycles. The van der Waals surface area contributed by atoms with E-state index in [1.807, 2.05) is 22.6 Å². The topological polar surface area (TPSA) is 85.3 Å². The Balaban J connectivity index is 3.63. The molecule has 0 atom stereocenters. The van der Waals surface area contributed by atoms with Crippen LogP contribution in [-0.4, -0.2) is 46.8 Å². The van der Waals surface area contributed by atoms with Crippen LogP contribution in [0.2, 0.25) is 0 Å². The number of rotatable bonds is 6. The van der Waals surface area contributed by atoms with E-state index >= 15 is 0 Å². The van der Waals surface area contributed by atoms with Gasteiger partial charge in [-0.05, 0) is 54.6 Å². The second-order valence-corrected chi connectivity index (χ2v) is 7.70. The number of benzene rings is 1. The molecule has 24 heavy (non-hydrogen) atoms. The van der Waals surface area contributed by atoms with Crippen LogP contribution in [0.15, 0.2) is 33.3 Å². The van der Waals surface area contributed by atoms with E-state index in [-0.39, 0.29) is 16.2 Å². The molecule has 0 fully saturated rings. The van der Waals surface area contributed by atoms with Gasteiger partial charge in [0.15, 0.2) is 5.75 Å². The van der Waals surface area contributed by atoms with Crippen molar-refractivity contribution in [2.75, 3.05) is 21.2 Å². The average Bonchev–Trinajstić information content (AvgIpc) is 2.53. The molecule has 1 aromatic carbocycles. The quantitative estimate of drug-likeness (QED) is 0.211. The largest absolute Gasteiger partial charge is 0.465 e. The molecular weight excluding hydrogens is 447 g/mol. The molecule has 7 nitrogen and oxygen atoms in total. The van der Waals surface area contributed by atoms with Gasteiger partial charge in [-0.3, -0.25) is 0 Å². The number of sulfonamides is 1. The van der Waals surface area contributed by atoms with Crippen molar-refractivity contribution in [3.63, 3.8) is 0 Å². The molecule has 0 amide bonds. The fourth-order valence-corrected chi connectivity index (χ4v) is 3.53. The number of carbonyl (C=O) groups excluding carboxylic acids is 1. The number of allylic oxidation sites excluding steroid dienone is 2. The van der Waals surface area contributed by atoms with Crippen LogP contribution in [0, 0.1) is 3.57 Å². The number of hydrogen-bond acceptors (Lipinski definition) is 5. The zero-order chi connectivity index (χ0) is 18.5. The predicted molar refractivity (Wildman–Crippen MR) is 99.9 cm³/mol. The smallest absolute Gasteiger partial charge is 0.337 e. The molecule has 0 N–H and O–H groups in total. The van der Waals surface area contributed by atoms with E-state index in [1.165, 1.54) is 30.5 Å². The first kappa shape index (κ1) is 20.4. The first-order valence-corrected chi connectivity index (χ1v) is 9.33. The van der Waals surface area contributed by atoms with Crippen molar-refractivity contribution < 1.29 is 22.7 Å². The van der Waals surface area contributed by atoms with Gasteiger partial charge in [-0.15, -0.1) is 4.40 Å². The zero-order valence-corrected chi connectivity index (χ0v) is 17.0. The fourth-order valence-electron chi connectivity index (χ4n) is 1.53. The Morgan fingerprint density at radius 3 is 2.46 bits per heavy atom. The Morgan fingerprint density at radius 1 is 1.33 bits per heavy atom. The third-order valence-electron chi connectivity index (χ3n) is 2.79. The van der Waals surface area contributed by atoms with Crippen LogP contribution in [0.25, 0.3) is 0 Å². The molecular formula is C15H19IN2O5S. The van der Waals surface area contributed by atoms with Gasteiger partial charge >= 0.3 is 5.97 Å². The van der Waals surface area contributed by atoms with Gasteiger partial charge in [0.05, 0.1) is 22.0 Å². The molecule has 0 aliphatic rings. The highest BCUT2D eigenvalue weighted by Crippen LogP contribution is 2.34. The minimum atomic E-state index is -4.06. The summed E-state index contributed by atoms with van der Waals surface area (Å²) in [6.07, 6.45) is 2.86. The number of methoxy groups -OCH3 is 1. The van der Waals surface area contributed by atoms with Gasteiger partial charge in [-0.25, -0.2) is 4.79 Å². The Labute approximate surface area is 155 Å². The third kappa shape index (κ3) is 5.20. The zero-order valence-electron chi connectivity index (χ0n) is 14.0. The maximum Gasteiger partial charge on any atom is 0.337 e. The molecule has 0 saturated heterocycles. The van der Waals surface area contributed by atoms with E-state index in [0.717, 1.165) is 0 Å². The number of halogens is 1. The van der Waals surface area contributed by atoms with Gasteiger partial charge in [-0.1, -0.05) is 0 Å². The average molecular weight is 466 g/mol. The molecule has 0 aliphatic heterocycles. The van der Waals surface area contributed by atoms with Crippen LogP contribution in [0.3, 0.4) is 0 Å². The highest BCUT2D eigenvalue weighted by molar-refractivity contribution is 14.1. The van der Waals surface area contributed by atoms with E-state index in [2.05, 4.69) is 9.13 Å². The number of carbonyl (C=O) groups is 1. The van der Waals surface area contributed by atoms with Gasteiger partial charge in [-0.2, -0.15) is 8.42 Å². The van der Waals surface area contributed by atoms with Crippen LogP contribution >= 0.6 is 22.6 Å². The first-order chi connectivity index (χ1) is 11.1. The van der Waals surface area contributed by atoms with Crippen LogP contribution in [0.4, 0.5) is 0 Å². The SMILES string of the molecule is C/C=C(\C)Oc1c(I)cc(C(=O)OC)cc1S(=O)(=O)/N=C\N(C)C. The highest BCUT2D eigenvalue weighted by atomic mass is 127. The summed E-state index contributed by atoms with van der Waals surface area (Å²) in [6.45, 7) is 3.47. The molecule has 0 aromatic heterocycles. The van der Waals surface area contributed by atoms with Crippen LogP contribution < -0.4 is 4.74 Å². The van der Waals surface area contributed by atoms with E-state index in [4.69, 9.17) is 4.74 Å². The van der Waals surface area contributed by atoms with Crippen molar-refractivity contribution in [2.45, 2.75) is 18.7 Å². The molecule has 1 aromatic rings. The number of hydrogen-bond donors (Lipinski definition) is 0. The van der Waals surface area contributed by atoms with E-state index in [9.17, 15) is 13.2 Å². The fraction of sp³-hybridized carbons (Fsp3) is 0.333. The van der Waals surface area contributed by atoms with Crippen LogP contribution in [-0.2, 0) is 14.8 Å². The van der Waals surface area contributed by atoms with Crippen LogP contribution in [0.5, 0.6) is 5.75 Å². The number of nitrogens with zero attached hydrogens (tertiary/aromatic N) is 2. The van der Waals surface area contributed by atoms with E-state index < -0.39 is 16.0 Å². The highest BCUT2D eigenvalue weighted by Gasteiger charge is 2.25. The van der Waals surface area contributed by atoms with Gasteiger partial charge < -0.3 is 14.4 Å². The lowest BCUT2D eigenvalue weighted by atomic mass is 10.2. The Morgan fingerprint density at radius 2 is 1.96 bits per heavy atom.